The minimum Gasteiger partial charge on any atom is -0.481 e. The molecule has 4 aliphatic rings. The Hall–Kier alpha value is -1.84. The van der Waals surface area contributed by atoms with Gasteiger partial charge in [-0.3, -0.25) is 9.59 Å². The molecule has 1 amide bonds. The maximum Gasteiger partial charge on any atom is 0.311 e. The molecule has 0 bridgehead atoms. The van der Waals surface area contributed by atoms with Gasteiger partial charge >= 0.3 is 5.97 Å². The van der Waals surface area contributed by atoms with Crippen molar-refractivity contribution in [3.63, 3.8) is 0 Å². The van der Waals surface area contributed by atoms with Crippen molar-refractivity contribution in [2.45, 2.75) is 43.9 Å². The Morgan fingerprint density at radius 2 is 2.04 bits per heavy atom. The molecule has 0 radical (unpaired) electrons. The van der Waals surface area contributed by atoms with Crippen LogP contribution in [-0.2, 0) is 21.4 Å². The third kappa shape index (κ3) is 1.69. The molecule has 3 fully saturated rings. The SMILES string of the molecule is O=C(C1CC12CCc1ccccc12)N1C[C@@H]2CCC[C@@]2(C(=O)O)C1. The molecule has 4 nitrogen and oxygen atoms in total. The average molecular weight is 325 g/mol. The van der Waals surface area contributed by atoms with E-state index >= 15 is 0 Å². The van der Waals surface area contributed by atoms with Crippen LogP contribution in [0, 0.1) is 17.3 Å². The summed E-state index contributed by atoms with van der Waals surface area (Å²) in [6.07, 6.45) is 5.76. The average Bonchev–Trinajstić information content (AvgIpc) is 2.85. The van der Waals surface area contributed by atoms with E-state index in [2.05, 4.69) is 24.3 Å². The van der Waals surface area contributed by atoms with Crippen molar-refractivity contribution in [3.05, 3.63) is 35.4 Å². The monoisotopic (exact) mass is 325 g/mol. The maximum atomic E-state index is 13.1. The van der Waals surface area contributed by atoms with E-state index in [4.69, 9.17) is 0 Å². The molecule has 1 saturated heterocycles. The predicted octanol–water partition coefficient (Wildman–Crippen LogP) is 2.60. The number of nitrogens with zero attached hydrogens (tertiary/aromatic N) is 1. The molecule has 1 heterocycles. The molecule has 1 aliphatic heterocycles. The first kappa shape index (κ1) is 14.5. The third-order valence-electron chi connectivity index (χ3n) is 7.38. The Morgan fingerprint density at radius 1 is 1.21 bits per heavy atom. The molecule has 3 aliphatic carbocycles. The van der Waals surface area contributed by atoms with Crippen molar-refractivity contribution in [1.82, 2.24) is 4.90 Å². The number of benzene rings is 1. The van der Waals surface area contributed by atoms with E-state index in [9.17, 15) is 14.7 Å². The van der Waals surface area contributed by atoms with E-state index in [1.807, 2.05) is 4.90 Å². The molecule has 1 aromatic rings. The molecule has 126 valence electrons. The molecule has 1 N–H and O–H groups in total. The molecule has 24 heavy (non-hydrogen) atoms. The third-order valence-corrected chi connectivity index (χ3v) is 7.38. The predicted molar refractivity (Wildman–Crippen MR) is 88.5 cm³/mol. The second-order valence-corrected chi connectivity index (χ2v) is 8.34. The molecular formula is C20H23NO3. The standard InChI is InChI=1S/C20H23NO3/c22-17(21-11-14-5-3-8-20(14,12-21)18(23)24)16-10-19(16)9-7-13-4-1-2-6-15(13)19/h1-2,4,6,14,16H,3,5,7-12H2,(H,23,24)/t14-,16?,19?,20+/m0/s1. The van der Waals surface area contributed by atoms with Gasteiger partial charge in [0, 0.05) is 24.4 Å². The van der Waals surface area contributed by atoms with Gasteiger partial charge in [0.05, 0.1) is 5.41 Å². The lowest BCUT2D eigenvalue weighted by Crippen LogP contribution is -2.38. The first-order valence-corrected chi connectivity index (χ1v) is 9.17. The van der Waals surface area contributed by atoms with Crippen LogP contribution in [0.5, 0.6) is 0 Å². The number of fused-ring (bicyclic) bond motifs is 3. The van der Waals surface area contributed by atoms with Gasteiger partial charge in [0.2, 0.25) is 5.91 Å². The van der Waals surface area contributed by atoms with Crippen LogP contribution in [0.25, 0.3) is 0 Å². The van der Waals surface area contributed by atoms with Gasteiger partial charge in [0.25, 0.3) is 0 Å². The fourth-order valence-electron chi connectivity index (χ4n) is 5.95. The number of likely N-dealkylation sites (tertiary alicyclic amines) is 1. The fraction of sp³-hybridized carbons (Fsp3) is 0.600. The topological polar surface area (TPSA) is 57.6 Å². The number of rotatable bonds is 2. The maximum absolute atomic E-state index is 13.1. The van der Waals surface area contributed by atoms with Gasteiger partial charge in [-0.2, -0.15) is 0 Å². The van der Waals surface area contributed by atoms with Crippen molar-refractivity contribution in [1.29, 1.82) is 0 Å². The molecule has 2 unspecified atom stereocenters. The van der Waals surface area contributed by atoms with Gasteiger partial charge in [0.1, 0.15) is 0 Å². The van der Waals surface area contributed by atoms with E-state index in [1.165, 1.54) is 11.1 Å². The summed E-state index contributed by atoms with van der Waals surface area (Å²) in [5.74, 6) is -0.255. The van der Waals surface area contributed by atoms with Crippen LogP contribution in [0.4, 0.5) is 0 Å². The first-order valence-electron chi connectivity index (χ1n) is 9.17. The molecule has 1 spiro atoms. The van der Waals surface area contributed by atoms with E-state index in [0.717, 1.165) is 38.5 Å². The summed E-state index contributed by atoms with van der Waals surface area (Å²) in [6, 6.07) is 8.53. The molecule has 1 aromatic carbocycles. The number of hydrogen-bond acceptors (Lipinski definition) is 2. The Kier molecular flexibility index (Phi) is 2.79. The summed E-state index contributed by atoms with van der Waals surface area (Å²) in [6.45, 7) is 1.08. The Bertz CT molecular complexity index is 744. The van der Waals surface area contributed by atoms with Crippen molar-refractivity contribution in [2.24, 2.45) is 17.3 Å². The summed E-state index contributed by atoms with van der Waals surface area (Å²) in [7, 11) is 0. The number of carboxylic acid groups (broad SMARTS) is 1. The van der Waals surface area contributed by atoms with Gasteiger partial charge in [-0.15, -0.1) is 0 Å². The fourth-order valence-corrected chi connectivity index (χ4v) is 5.95. The number of carbonyl (C=O) groups excluding carboxylic acids is 1. The highest BCUT2D eigenvalue weighted by Crippen LogP contribution is 2.62. The van der Waals surface area contributed by atoms with Crippen LogP contribution >= 0.6 is 0 Å². The highest BCUT2D eigenvalue weighted by atomic mass is 16.4. The second-order valence-electron chi connectivity index (χ2n) is 8.34. The number of carbonyl (C=O) groups is 2. The van der Waals surface area contributed by atoms with E-state index < -0.39 is 11.4 Å². The van der Waals surface area contributed by atoms with Crippen LogP contribution in [0.1, 0.15) is 43.2 Å². The zero-order valence-corrected chi connectivity index (χ0v) is 13.8. The van der Waals surface area contributed by atoms with Crippen LogP contribution in [0.3, 0.4) is 0 Å². The smallest absolute Gasteiger partial charge is 0.311 e. The van der Waals surface area contributed by atoms with Gasteiger partial charge in [-0.1, -0.05) is 30.7 Å². The first-order chi connectivity index (χ1) is 11.6. The van der Waals surface area contributed by atoms with Crippen molar-refractivity contribution in [2.75, 3.05) is 13.1 Å². The molecule has 5 rings (SSSR count). The zero-order chi connectivity index (χ0) is 16.5. The number of aliphatic carboxylic acids is 1. The number of aryl methyl sites for hydroxylation is 1. The van der Waals surface area contributed by atoms with E-state index in [0.29, 0.717) is 13.1 Å². The zero-order valence-electron chi connectivity index (χ0n) is 13.8. The summed E-state index contributed by atoms with van der Waals surface area (Å²) in [4.78, 5) is 26.8. The van der Waals surface area contributed by atoms with Gasteiger partial charge in [0.15, 0.2) is 0 Å². The van der Waals surface area contributed by atoms with Crippen molar-refractivity contribution < 1.29 is 14.7 Å². The van der Waals surface area contributed by atoms with Crippen LogP contribution < -0.4 is 0 Å². The summed E-state index contributed by atoms with van der Waals surface area (Å²) in [5.41, 5.74) is 2.16. The van der Waals surface area contributed by atoms with Gasteiger partial charge < -0.3 is 10.0 Å². The molecule has 4 atom stereocenters. The molecular weight excluding hydrogens is 302 g/mol. The Labute approximate surface area is 141 Å². The van der Waals surface area contributed by atoms with E-state index in [1.54, 1.807) is 0 Å². The normalized spacial score (nSPS) is 39.1. The van der Waals surface area contributed by atoms with Gasteiger partial charge in [-0.05, 0) is 49.1 Å². The summed E-state index contributed by atoms with van der Waals surface area (Å²) < 4.78 is 0. The van der Waals surface area contributed by atoms with Crippen LogP contribution in [-0.4, -0.2) is 35.0 Å². The quantitative estimate of drug-likeness (QED) is 0.909. The highest BCUT2D eigenvalue weighted by molar-refractivity contribution is 5.87. The molecule has 0 aromatic heterocycles. The molecule has 4 heteroatoms. The lowest BCUT2D eigenvalue weighted by molar-refractivity contribution is -0.149. The number of amides is 1. The minimum atomic E-state index is -0.697. The largest absolute Gasteiger partial charge is 0.481 e. The molecule has 2 saturated carbocycles. The van der Waals surface area contributed by atoms with Crippen molar-refractivity contribution in [3.8, 4) is 0 Å². The Morgan fingerprint density at radius 3 is 2.83 bits per heavy atom. The minimum absolute atomic E-state index is 0.0573. The highest BCUT2D eigenvalue weighted by Gasteiger charge is 2.64. The van der Waals surface area contributed by atoms with Gasteiger partial charge in [-0.25, -0.2) is 0 Å². The van der Waals surface area contributed by atoms with Crippen LogP contribution in [0.15, 0.2) is 24.3 Å². The number of hydrogen-bond donors (Lipinski definition) is 1. The summed E-state index contributed by atoms with van der Waals surface area (Å²) in [5, 5.41) is 9.73. The summed E-state index contributed by atoms with van der Waals surface area (Å²) >= 11 is 0. The van der Waals surface area contributed by atoms with E-state index in [-0.39, 0.29) is 23.2 Å². The van der Waals surface area contributed by atoms with Crippen LogP contribution in [0.2, 0.25) is 0 Å². The Balaban J connectivity index is 1.38. The lowest BCUT2D eigenvalue weighted by atomic mass is 9.81. The number of carboxylic acids is 1. The van der Waals surface area contributed by atoms with Crippen molar-refractivity contribution >= 4 is 11.9 Å². The lowest BCUT2D eigenvalue weighted by Gasteiger charge is -2.24. The second kappa shape index (κ2) is 4.62.